The summed E-state index contributed by atoms with van der Waals surface area (Å²) in [5.41, 5.74) is 2.44. The van der Waals surface area contributed by atoms with Gasteiger partial charge in [0.2, 0.25) is 0 Å². The Kier molecular flexibility index (Phi) is 8.44. The second-order valence-electron chi connectivity index (χ2n) is 4.46. The van der Waals surface area contributed by atoms with Gasteiger partial charge in [0, 0.05) is 23.6 Å². The molecular weight excluding hydrogens is 269 g/mol. The smallest absolute Gasteiger partial charge is 0.0966 e. The lowest BCUT2D eigenvalue weighted by Crippen LogP contribution is -2.00. The second kappa shape index (κ2) is 9.62. The number of unbranched alkanes of at least 4 members (excludes halogenated alkanes) is 4. The monoisotopic (exact) mass is 289 g/mol. The Morgan fingerprint density at radius 1 is 0.944 bits per heavy atom. The van der Waals surface area contributed by atoms with Gasteiger partial charge in [0.15, 0.2) is 0 Å². The average molecular weight is 290 g/mol. The van der Waals surface area contributed by atoms with E-state index >= 15 is 0 Å². The van der Waals surface area contributed by atoms with Crippen molar-refractivity contribution in [3.63, 3.8) is 0 Å². The largest absolute Gasteiger partial charge is 0.264 e. The summed E-state index contributed by atoms with van der Waals surface area (Å²) in [6.45, 7) is 2.63. The fraction of sp³-hybridized carbons (Fsp3) is 0.571. The van der Waals surface area contributed by atoms with E-state index in [4.69, 9.17) is 28.4 Å². The van der Waals surface area contributed by atoms with Crippen molar-refractivity contribution in [1.29, 1.82) is 0 Å². The second-order valence-corrected chi connectivity index (χ2v) is 5.24. The number of nitrogens with zero attached hydrogens (tertiary/aromatic N) is 1. The van der Waals surface area contributed by atoms with E-state index < -0.39 is 0 Å². The standard InChI is InChI=1S/C14H21Cl2NO/c1-2-3-4-5-6-7-13-8-10-14(11-9-13)12-18-17(15)16/h8-11H,2-7,12H2,1H3. The van der Waals surface area contributed by atoms with Crippen LogP contribution in [0.4, 0.5) is 0 Å². The van der Waals surface area contributed by atoms with E-state index in [1.165, 1.54) is 37.7 Å². The molecule has 1 rings (SSSR count). The average Bonchev–Trinajstić information content (AvgIpc) is 2.37. The number of rotatable bonds is 9. The predicted molar refractivity (Wildman–Crippen MR) is 77.2 cm³/mol. The van der Waals surface area contributed by atoms with Gasteiger partial charge in [-0.05, 0) is 28.1 Å². The molecule has 18 heavy (non-hydrogen) atoms. The molecular formula is C14H21Cl2NO. The summed E-state index contributed by atoms with van der Waals surface area (Å²) >= 11 is 10.7. The van der Waals surface area contributed by atoms with Crippen molar-refractivity contribution >= 4 is 23.6 Å². The summed E-state index contributed by atoms with van der Waals surface area (Å²) in [7, 11) is 0. The van der Waals surface area contributed by atoms with Gasteiger partial charge < -0.3 is 0 Å². The number of benzene rings is 1. The Bertz CT molecular complexity index is 314. The highest BCUT2D eigenvalue weighted by atomic mass is 35.5. The lowest BCUT2D eigenvalue weighted by Gasteiger charge is -2.06. The summed E-state index contributed by atoms with van der Waals surface area (Å²) < 4.78 is 0.682. The molecule has 0 spiro atoms. The molecule has 0 saturated carbocycles. The molecule has 4 heteroatoms. The van der Waals surface area contributed by atoms with E-state index in [0.29, 0.717) is 10.7 Å². The van der Waals surface area contributed by atoms with E-state index in [1.54, 1.807) is 0 Å². The van der Waals surface area contributed by atoms with Gasteiger partial charge >= 0.3 is 0 Å². The van der Waals surface area contributed by atoms with Crippen molar-refractivity contribution in [2.45, 2.75) is 52.1 Å². The minimum atomic E-state index is 0.393. The van der Waals surface area contributed by atoms with Crippen molar-refractivity contribution in [2.75, 3.05) is 0 Å². The third kappa shape index (κ3) is 7.22. The molecule has 0 aliphatic carbocycles. The molecule has 0 radical (unpaired) electrons. The minimum Gasteiger partial charge on any atom is -0.264 e. The number of hydrogen-bond acceptors (Lipinski definition) is 2. The molecule has 0 bridgehead atoms. The van der Waals surface area contributed by atoms with Crippen molar-refractivity contribution in [1.82, 2.24) is 4.10 Å². The molecule has 0 heterocycles. The molecule has 0 fully saturated rings. The van der Waals surface area contributed by atoms with E-state index in [0.717, 1.165) is 12.0 Å². The zero-order valence-corrected chi connectivity index (χ0v) is 12.4. The third-order valence-corrected chi connectivity index (χ3v) is 3.12. The van der Waals surface area contributed by atoms with Gasteiger partial charge in [-0.15, -0.1) is 0 Å². The number of aryl methyl sites for hydroxylation is 1. The van der Waals surface area contributed by atoms with E-state index in [-0.39, 0.29) is 0 Å². The maximum absolute atomic E-state index is 5.35. The van der Waals surface area contributed by atoms with Crippen LogP contribution < -0.4 is 0 Å². The van der Waals surface area contributed by atoms with Crippen LogP contribution in [0, 0.1) is 0 Å². The van der Waals surface area contributed by atoms with Crippen LogP contribution in [0.15, 0.2) is 24.3 Å². The molecule has 0 N–H and O–H groups in total. The molecule has 0 saturated heterocycles. The normalized spacial score (nSPS) is 11.1. The fourth-order valence-electron chi connectivity index (χ4n) is 1.86. The lowest BCUT2D eigenvalue weighted by atomic mass is 10.0. The van der Waals surface area contributed by atoms with Crippen LogP contribution in [0.5, 0.6) is 0 Å². The van der Waals surface area contributed by atoms with Crippen molar-refractivity contribution in [3.8, 4) is 0 Å². The van der Waals surface area contributed by atoms with Crippen LogP contribution in [0.25, 0.3) is 0 Å². The maximum Gasteiger partial charge on any atom is 0.0966 e. The van der Waals surface area contributed by atoms with Gasteiger partial charge in [0.05, 0.1) is 6.61 Å². The van der Waals surface area contributed by atoms with Crippen LogP contribution in [0.3, 0.4) is 0 Å². The Morgan fingerprint density at radius 2 is 1.56 bits per heavy atom. The Morgan fingerprint density at radius 3 is 2.17 bits per heavy atom. The molecule has 2 nitrogen and oxygen atoms in total. The molecule has 1 aromatic carbocycles. The first kappa shape index (κ1) is 15.8. The topological polar surface area (TPSA) is 12.5 Å². The van der Waals surface area contributed by atoms with Crippen LogP contribution >= 0.6 is 23.6 Å². The quantitative estimate of drug-likeness (QED) is 0.350. The summed E-state index contributed by atoms with van der Waals surface area (Å²) in [5.74, 6) is 0. The van der Waals surface area contributed by atoms with E-state index in [1.807, 2.05) is 0 Å². The Balaban J connectivity index is 2.23. The summed E-state index contributed by atoms with van der Waals surface area (Å²) in [5, 5.41) is 0. The maximum atomic E-state index is 5.35. The number of halogens is 2. The van der Waals surface area contributed by atoms with Gasteiger partial charge in [-0.1, -0.05) is 56.9 Å². The fourth-order valence-corrected chi connectivity index (χ4v) is 1.96. The number of hydrogen-bond donors (Lipinski definition) is 0. The van der Waals surface area contributed by atoms with Gasteiger partial charge in [-0.3, -0.25) is 4.84 Å². The SMILES string of the molecule is CCCCCCCc1ccc(CON(Cl)Cl)cc1. The van der Waals surface area contributed by atoms with Crippen molar-refractivity contribution in [2.24, 2.45) is 0 Å². The summed E-state index contributed by atoms with van der Waals surface area (Å²) in [6, 6.07) is 8.40. The molecule has 102 valence electrons. The van der Waals surface area contributed by atoms with E-state index in [2.05, 4.69) is 31.2 Å². The van der Waals surface area contributed by atoms with E-state index in [9.17, 15) is 0 Å². The first-order chi connectivity index (χ1) is 8.72. The van der Waals surface area contributed by atoms with Crippen LogP contribution in [0.1, 0.15) is 50.2 Å². The Labute approximate surface area is 120 Å². The molecule has 1 aromatic rings. The van der Waals surface area contributed by atoms with Gasteiger partial charge in [0.1, 0.15) is 0 Å². The molecule has 0 aliphatic heterocycles. The molecule has 0 atom stereocenters. The zero-order chi connectivity index (χ0) is 13.2. The predicted octanol–water partition coefficient (Wildman–Crippen LogP) is 5.24. The van der Waals surface area contributed by atoms with Gasteiger partial charge in [-0.25, -0.2) is 0 Å². The highest BCUT2D eigenvalue weighted by Crippen LogP contribution is 2.12. The molecule has 0 aromatic heterocycles. The molecule has 0 unspecified atom stereocenters. The first-order valence-corrected chi connectivity index (χ1v) is 7.22. The van der Waals surface area contributed by atoms with Crippen molar-refractivity contribution in [3.05, 3.63) is 35.4 Å². The van der Waals surface area contributed by atoms with Gasteiger partial charge in [-0.2, -0.15) is 0 Å². The van der Waals surface area contributed by atoms with Crippen molar-refractivity contribution < 1.29 is 4.84 Å². The zero-order valence-electron chi connectivity index (χ0n) is 10.9. The van der Waals surface area contributed by atoms with Crippen LogP contribution in [-0.4, -0.2) is 4.10 Å². The molecule has 0 aliphatic rings. The van der Waals surface area contributed by atoms with Gasteiger partial charge in [0.25, 0.3) is 0 Å². The summed E-state index contributed by atoms with van der Waals surface area (Å²) in [4.78, 5) is 4.96. The van der Waals surface area contributed by atoms with Crippen LogP contribution in [0.2, 0.25) is 0 Å². The Hall–Kier alpha value is -0.280. The first-order valence-electron chi connectivity index (χ1n) is 6.54. The third-order valence-electron chi connectivity index (χ3n) is 2.92. The minimum absolute atomic E-state index is 0.393. The highest BCUT2D eigenvalue weighted by Gasteiger charge is 1.99. The summed E-state index contributed by atoms with van der Waals surface area (Å²) in [6.07, 6.45) is 7.75. The lowest BCUT2D eigenvalue weighted by molar-refractivity contribution is -0.0259. The highest BCUT2D eigenvalue weighted by molar-refractivity contribution is 6.32. The molecule has 0 amide bonds. The van der Waals surface area contributed by atoms with Crippen LogP contribution in [-0.2, 0) is 17.9 Å².